The van der Waals surface area contributed by atoms with E-state index in [2.05, 4.69) is 6.92 Å². The van der Waals surface area contributed by atoms with Gasteiger partial charge in [-0.15, -0.1) is 0 Å². The van der Waals surface area contributed by atoms with Gasteiger partial charge in [0.2, 0.25) is 0 Å². The normalized spacial score (nSPS) is 56.0. The zero-order valence-corrected chi connectivity index (χ0v) is 14.2. The van der Waals surface area contributed by atoms with Gasteiger partial charge in [0.15, 0.2) is 0 Å². The summed E-state index contributed by atoms with van der Waals surface area (Å²) in [7, 11) is 0. The Morgan fingerprint density at radius 3 is 2.52 bits per heavy atom. The monoisotopic (exact) mass is 320 g/mol. The molecule has 0 bridgehead atoms. The highest BCUT2D eigenvalue weighted by Crippen LogP contribution is 2.66. The zero-order valence-electron chi connectivity index (χ0n) is 14.2. The predicted octanol–water partition coefficient (Wildman–Crippen LogP) is 2.25. The maximum absolute atomic E-state index is 12.4. The molecule has 4 fully saturated rings. The Bertz CT molecular complexity index is 572. The fourth-order valence-electron chi connectivity index (χ4n) is 6.82. The molecular formula is C19H28O4. The number of hydrogen-bond donors (Lipinski definition) is 2. The van der Waals surface area contributed by atoms with Crippen molar-refractivity contribution in [3.63, 3.8) is 0 Å². The first kappa shape index (κ1) is 15.8. The number of carbonyl (C=O) groups is 2. The van der Waals surface area contributed by atoms with E-state index in [4.69, 9.17) is 0 Å². The molecule has 4 heteroatoms. The summed E-state index contributed by atoms with van der Waals surface area (Å²) in [5, 5.41) is 22.3. The third-order valence-electron chi connectivity index (χ3n) is 8.37. The molecule has 0 aliphatic heterocycles. The molecule has 23 heavy (non-hydrogen) atoms. The summed E-state index contributed by atoms with van der Waals surface area (Å²) in [5.41, 5.74) is -1.56. The molecule has 4 aliphatic carbocycles. The van der Waals surface area contributed by atoms with Gasteiger partial charge in [0, 0.05) is 36.0 Å². The van der Waals surface area contributed by atoms with Crippen molar-refractivity contribution in [3.05, 3.63) is 0 Å². The van der Waals surface area contributed by atoms with Crippen LogP contribution < -0.4 is 0 Å². The van der Waals surface area contributed by atoms with Crippen LogP contribution in [-0.2, 0) is 9.59 Å². The zero-order chi connectivity index (χ0) is 16.6. The largest absolute Gasteiger partial charge is 0.392 e. The summed E-state index contributed by atoms with van der Waals surface area (Å²) < 4.78 is 0. The molecule has 7 unspecified atom stereocenters. The first-order chi connectivity index (χ1) is 10.7. The number of aliphatic hydroxyl groups excluding tert-OH is 1. The van der Waals surface area contributed by atoms with Gasteiger partial charge in [-0.1, -0.05) is 13.8 Å². The van der Waals surface area contributed by atoms with E-state index in [1.807, 2.05) is 6.92 Å². The molecule has 0 spiro atoms. The van der Waals surface area contributed by atoms with E-state index in [0.29, 0.717) is 31.5 Å². The second-order valence-electron chi connectivity index (χ2n) is 9.10. The molecule has 0 aromatic rings. The van der Waals surface area contributed by atoms with E-state index in [1.165, 1.54) is 0 Å². The minimum atomic E-state index is -0.841. The Kier molecular flexibility index (Phi) is 3.20. The van der Waals surface area contributed by atoms with Gasteiger partial charge in [-0.2, -0.15) is 0 Å². The van der Waals surface area contributed by atoms with E-state index in [-0.39, 0.29) is 35.4 Å². The predicted molar refractivity (Wildman–Crippen MR) is 84.6 cm³/mol. The summed E-state index contributed by atoms with van der Waals surface area (Å²) in [5.74, 6) is 0.610. The Morgan fingerprint density at radius 1 is 1.04 bits per heavy atom. The van der Waals surface area contributed by atoms with Crippen molar-refractivity contribution in [1.29, 1.82) is 0 Å². The van der Waals surface area contributed by atoms with Crippen LogP contribution >= 0.6 is 0 Å². The molecule has 0 saturated heterocycles. The molecule has 4 aliphatic rings. The van der Waals surface area contributed by atoms with Crippen LogP contribution in [0.1, 0.15) is 65.2 Å². The molecule has 7 atom stereocenters. The van der Waals surface area contributed by atoms with Gasteiger partial charge in [-0.05, 0) is 43.9 Å². The highest BCUT2D eigenvalue weighted by Gasteiger charge is 2.68. The number of ketones is 2. The Labute approximate surface area is 137 Å². The molecular weight excluding hydrogens is 292 g/mol. The summed E-state index contributed by atoms with van der Waals surface area (Å²) in [6, 6.07) is 0. The van der Waals surface area contributed by atoms with Crippen molar-refractivity contribution >= 4 is 11.6 Å². The molecule has 0 heterocycles. The number of hydrogen-bond acceptors (Lipinski definition) is 4. The van der Waals surface area contributed by atoms with Crippen molar-refractivity contribution in [2.75, 3.05) is 0 Å². The van der Waals surface area contributed by atoms with Crippen LogP contribution in [0.2, 0.25) is 0 Å². The third kappa shape index (κ3) is 1.80. The van der Waals surface area contributed by atoms with E-state index in [9.17, 15) is 19.8 Å². The van der Waals surface area contributed by atoms with E-state index < -0.39 is 17.1 Å². The van der Waals surface area contributed by atoms with Gasteiger partial charge in [-0.3, -0.25) is 9.59 Å². The van der Waals surface area contributed by atoms with Crippen LogP contribution in [0.3, 0.4) is 0 Å². The molecule has 2 N–H and O–H groups in total. The van der Waals surface area contributed by atoms with Gasteiger partial charge in [0.25, 0.3) is 0 Å². The second-order valence-corrected chi connectivity index (χ2v) is 9.10. The average Bonchev–Trinajstić information content (AvgIpc) is 2.72. The fraction of sp³-hybridized carbons (Fsp3) is 0.895. The molecule has 0 amide bonds. The van der Waals surface area contributed by atoms with Crippen molar-refractivity contribution < 1.29 is 19.8 Å². The molecule has 0 radical (unpaired) electrons. The van der Waals surface area contributed by atoms with Crippen LogP contribution in [0.25, 0.3) is 0 Å². The highest BCUT2D eigenvalue weighted by atomic mass is 16.3. The first-order valence-corrected chi connectivity index (χ1v) is 9.18. The quantitative estimate of drug-likeness (QED) is 0.718. The lowest BCUT2D eigenvalue weighted by molar-refractivity contribution is -0.236. The summed E-state index contributed by atoms with van der Waals surface area (Å²) in [6.45, 7) is 4.15. The average molecular weight is 320 g/mol. The maximum atomic E-state index is 12.4. The van der Waals surface area contributed by atoms with Crippen molar-refractivity contribution in [1.82, 2.24) is 0 Å². The standard InChI is InChI=1S/C19H28O4/c1-17-7-8-19(23)13(16(17)14(21)10-15(17)22)4-3-11-9-12(20)5-6-18(11,19)2/h11,13-14,16,21,23H,3-10H2,1-2H3. The minimum absolute atomic E-state index is 0.0165. The lowest BCUT2D eigenvalue weighted by atomic mass is 9.43. The summed E-state index contributed by atoms with van der Waals surface area (Å²) >= 11 is 0. The first-order valence-electron chi connectivity index (χ1n) is 9.18. The fourth-order valence-corrected chi connectivity index (χ4v) is 6.82. The van der Waals surface area contributed by atoms with Crippen LogP contribution in [0.4, 0.5) is 0 Å². The Morgan fingerprint density at radius 2 is 1.78 bits per heavy atom. The topological polar surface area (TPSA) is 74.6 Å². The van der Waals surface area contributed by atoms with Gasteiger partial charge >= 0.3 is 0 Å². The molecule has 0 aromatic carbocycles. The maximum Gasteiger partial charge on any atom is 0.141 e. The lowest BCUT2D eigenvalue weighted by Crippen LogP contribution is -2.66. The highest BCUT2D eigenvalue weighted by molar-refractivity contribution is 5.88. The smallest absolute Gasteiger partial charge is 0.141 e. The number of fused-ring (bicyclic) bond motifs is 5. The van der Waals surface area contributed by atoms with Gasteiger partial charge in [0.05, 0.1) is 11.7 Å². The van der Waals surface area contributed by atoms with Crippen LogP contribution in [0.15, 0.2) is 0 Å². The third-order valence-corrected chi connectivity index (χ3v) is 8.37. The van der Waals surface area contributed by atoms with Crippen molar-refractivity contribution in [2.45, 2.75) is 76.9 Å². The van der Waals surface area contributed by atoms with Gasteiger partial charge in [0.1, 0.15) is 11.6 Å². The summed E-state index contributed by atoms with van der Waals surface area (Å²) in [6.07, 6.45) is 4.58. The summed E-state index contributed by atoms with van der Waals surface area (Å²) in [4.78, 5) is 24.3. The number of Topliss-reactive ketones (excluding diaryl/α,β-unsaturated/α-hetero) is 2. The second kappa shape index (κ2) is 4.66. The van der Waals surface area contributed by atoms with Crippen molar-refractivity contribution in [2.24, 2.45) is 28.6 Å². The van der Waals surface area contributed by atoms with Crippen molar-refractivity contribution in [3.8, 4) is 0 Å². The number of carbonyl (C=O) groups excluding carboxylic acids is 2. The molecule has 128 valence electrons. The van der Waals surface area contributed by atoms with Gasteiger partial charge < -0.3 is 10.2 Å². The van der Waals surface area contributed by atoms with Crippen LogP contribution in [0.5, 0.6) is 0 Å². The van der Waals surface area contributed by atoms with E-state index in [1.54, 1.807) is 0 Å². The van der Waals surface area contributed by atoms with Crippen LogP contribution in [-0.4, -0.2) is 33.5 Å². The molecule has 4 saturated carbocycles. The van der Waals surface area contributed by atoms with E-state index in [0.717, 1.165) is 19.3 Å². The minimum Gasteiger partial charge on any atom is -0.392 e. The van der Waals surface area contributed by atoms with Gasteiger partial charge in [-0.25, -0.2) is 0 Å². The molecule has 4 rings (SSSR count). The lowest BCUT2D eigenvalue weighted by Gasteiger charge is -2.64. The number of aliphatic hydroxyl groups is 2. The molecule has 4 nitrogen and oxygen atoms in total. The molecule has 0 aromatic heterocycles. The SMILES string of the molecule is CC12CCC3(O)C(CCC4CC(=O)CCC43C)C1C(O)CC2=O. The number of rotatable bonds is 0. The van der Waals surface area contributed by atoms with Crippen LogP contribution in [0, 0.1) is 28.6 Å². The Hall–Kier alpha value is -0.740. The van der Waals surface area contributed by atoms with E-state index >= 15 is 0 Å². The Balaban J connectivity index is 1.75.